The van der Waals surface area contributed by atoms with Gasteiger partial charge in [0.25, 0.3) is 0 Å². The van der Waals surface area contributed by atoms with Crippen molar-refractivity contribution in [2.24, 2.45) is 17.7 Å². The fourth-order valence-corrected chi connectivity index (χ4v) is 0.302. The van der Waals surface area contributed by atoms with Crippen LogP contribution in [0.3, 0.4) is 0 Å². The first kappa shape index (κ1) is 31.4. The molecule has 0 aromatic heterocycles. The maximum absolute atomic E-state index is 10.1. The second-order valence-electron chi connectivity index (χ2n) is 4.07. The van der Waals surface area contributed by atoms with E-state index in [9.17, 15) is 14.4 Å². The average Bonchev–Trinajstić information content (AvgIpc) is 2.51. The predicted octanol–water partition coefficient (Wildman–Crippen LogP) is -0.990. The van der Waals surface area contributed by atoms with Crippen LogP contribution in [0.4, 0.5) is 0 Å². The third kappa shape index (κ3) is 37.7. The molecule has 0 heterocycles. The molecule has 0 rings (SSSR count). The molecule has 0 aliphatic carbocycles. The molecule has 0 unspecified atom stereocenters. The van der Waals surface area contributed by atoms with E-state index in [-0.39, 0.29) is 0 Å². The summed E-state index contributed by atoms with van der Waals surface area (Å²) >= 11 is 0. The number of hydrogen-bond donors (Lipinski definition) is 6. The van der Waals surface area contributed by atoms with Gasteiger partial charge in [-0.2, -0.15) is 17.7 Å². The fraction of sp³-hybridized carbons (Fsp3) is 0.250. The summed E-state index contributed by atoms with van der Waals surface area (Å²) in [6, 6.07) is 0. The van der Waals surface area contributed by atoms with Crippen molar-refractivity contribution in [3.8, 4) is 0 Å². The highest BCUT2D eigenvalue weighted by Crippen LogP contribution is 2.25. The summed E-state index contributed by atoms with van der Waals surface area (Å²) in [5, 5.41) is 0. The van der Waals surface area contributed by atoms with Crippen molar-refractivity contribution in [1.29, 1.82) is 0 Å². The molecule has 0 aromatic rings. The summed E-state index contributed by atoms with van der Waals surface area (Å²) in [4.78, 5) is 63.1. The number of carbonyl (C=O) groups is 3. The van der Waals surface area contributed by atoms with Crippen molar-refractivity contribution in [2.45, 2.75) is 20.8 Å². The van der Waals surface area contributed by atoms with Crippen molar-refractivity contribution in [3.05, 3.63) is 36.5 Å². The number of carbonyl (C=O) groups excluding carboxylic acids is 3. The maximum atomic E-state index is 10.1. The predicted molar refractivity (Wildman–Crippen MR) is 89.5 cm³/mol. The van der Waals surface area contributed by atoms with Crippen LogP contribution < -0.4 is 17.7 Å². The van der Waals surface area contributed by atoms with Crippen LogP contribution in [-0.4, -0.2) is 32.6 Å². The number of hydrogen-bond acceptors (Lipinski definition) is 10. The first-order chi connectivity index (χ1) is 11.5. The Morgan fingerprint density at radius 3 is 0.808 bits per heavy atom. The Morgan fingerprint density at radius 1 is 0.692 bits per heavy atom. The molecule has 9 N–H and O–H groups in total. The monoisotopic (exact) mass is 401 g/mol. The summed E-state index contributed by atoms with van der Waals surface area (Å²) in [5.74, 6) is 11.7. The Labute approximate surface area is 149 Å². The molecule has 0 aliphatic heterocycles. The van der Waals surface area contributed by atoms with Gasteiger partial charge in [0.15, 0.2) is 0 Å². The van der Waals surface area contributed by atoms with Crippen LogP contribution >= 0.6 is 7.82 Å². The quantitative estimate of drug-likeness (QED) is 0.189. The first-order valence-electron chi connectivity index (χ1n) is 6.03. The highest BCUT2D eigenvalue weighted by Gasteiger charge is 2.00. The largest absolute Gasteiger partial charge is 0.466 e. The Bertz CT molecular complexity index is 485. The lowest BCUT2D eigenvalue weighted by Crippen LogP contribution is -2.09. The zero-order valence-electron chi connectivity index (χ0n) is 14.5. The molecule has 0 aliphatic rings. The summed E-state index contributed by atoms with van der Waals surface area (Å²) in [5.41, 5.74) is 0.924. The van der Waals surface area contributed by atoms with Crippen LogP contribution in [-0.2, 0) is 33.5 Å². The molecule has 0 spiro atoms. The van der Waals surface area contributed by atoms with Gasteiger partial charge in [0, 0.05) is 16.7 Å². The highest BCUT2D eigenvalue weighted by atomic mass is 31.2. The minimum Gasteiger partial charge on any atom is -0.370 e. The molecule has 14 heteroatoms. The molecule has 0 radical (unpaired) electrons. The van der Waals surface area contributed by atoms with Gasteiger partial charge >= 0.3 is 25.7 Å². The van der Waals surface area contributed by atoms with E-state index < -0.39 is 25.7 Å². The molecule has 13 nitrogen and oxygen atoms in total. The second-order valence-corrected chi connectivity index (χ2v) is 5.10. The van der Waals surface area contributed by atoms with Crippen molar-refractivity contribution in [1.82, 2.24) is 0 Å². The van der Waals surface area contributed by atoms with Crippen LogP contribution in [0.15, 0.2) is 36.5 Å². The summed E-state index contributed by atoms with van der Waals surface area (Å²) in [6.45, 7) is 14.4. The third-order valence-electron chi connectivity index (χ3n) is 1.37. The van der Waals surface area contributed by atoms with Crippen LogP contribution in [0.1, 0.15) is 20.8 Å². The standard InChI is InChI=1S/3C4H7NO2.H3O4P/c3*1-3(2)4(6)7-5;1-5(2,3)4/h3*1,5H2,2H3;(H3,1,2,3,4). The molecule has 0 aromatic carbocycles. The van der Waals surface area contributed by atoms with E-state index in [0.29, 0.717) is 16.7 Å². The van der Waals surface area contributed by atoms with Crippen molar-refractivity contribution in [3.63, 3.8) is 0 Å². The number of nitrogens with two attached hydrogens (primary N) is 3. The maximum Gasteiger partial charge on any atom is 0.466 e. The topological polar surface area (TPSA) is 235 Å². The lowest BCUT2D eigenvalue weighted by molar-refractivity contribution is -0.140. The van der Waals surface area contributed by atoms with E-state index in [2.05, 4.69) is 51.9 Å². The van der Waals surface area contributed by atoms with Gasteiger partial charge in [-0.05, 0) is 20.8 Å². The Hall–Kier alpha value is -2.38. The Morgan fingerprint density at radius 2 is 0.808 bits per heavy atom. The highest BCUT2D eigenvalue weighted by molar-refractivity contribution is 7.45. The second kappa shape index (κ2) is 17.4. The van der Waals surface area contributed by atoms with Crippen molar-refractivity contribution < 1.29 is 48.1 Å². The van der Waals surface area contributed by atoms with Crippen LogP contribution in [0.5, 0.6) is 0 Å². The molecule has 0 bridgehead atoms. The molecule has 0 atom stereocenters. The van der Waals surface area contributed by atoms with E-state index in [1.807, 2.05) is 0 Å². The van der Waals surface area contributed by atoms with Crippen LogP contribution in [0, 0.1) is 0 Å². The van der Waals surface area contributed by atoms with Gasteiger partial charge < -0.3 is 29.2 Å². The normalized spacial score (nSPS) is 8.50. The van der Waals surface area contributed by atoms with E-state index >= 15 is 0 Å². The van der Waals surface area contributed by atoms with Gasteiger partial charge in [0.05, 0.1) is 0 Å². The first-order valence-corrected chi connectivity index (χ1v) is 7.59. The third-order valence-corrected chi connectivity index (χ3v) is 1.37. The minimum absolute atomic E-state index is 0.308. The minimum atomic E-state index is -4.64. The molecular formula is C12H24N3O10P. The van der Waals surface area contributed by atoms with Gasteiger partial charge in [-0.15, -0.1) is 0 Å². The zero-order valence-corrected chi connectivity index (χ0v) is 15.4. The Kier molecular flexibility index (Phi) is 21.1. The van der Waals surface area contributed by atoms with Gasteiger partial charge in [0.2, 0.25) is 0 Å². The lowest BCUT2D eigenvalue weighted by atomic mass is 10.4. The number of rotatable bonds is 3. The van der Waals surface area contributed by atoms with E-state index in [4.69, 9.17) is 19.2 Å². The summed E-state index contributed by atoms with van der Waals surface area (Å²) < 4.78 is 8.88. The summed E-state index contributed by atoms with van der Waals surface area (Å²) in [7, 11) is -4.64. The zero-order chi connectivity index (χ0) is 22.1. The lowest BCUT2D eigenvalue weighted by Gasteiger charge is -1.90. The molecule has 152 valence electrons. The average molecular weight is 401 g/mol. The van der Waals surface area contributed by atoms with Gasteiger partial charge in [-0.25, -0.2) is 18.9 Å². The van der Waals surface area contributed by atoms with E-state index in [0.717, 1.165) is 0 Å². The molecule has 0 amide bonds. The smallest absolute Gasteiger partial charge is 0.370 e. The van der Waals surface area contributed by atoms with Gasteiger partial charge in [-0.3, -0.25) is 0 Å². The van der Waals surface area contributed by atoms with Crippen molar-refractivity contribution >= 4 is 25.7 Å². The van der Waals surface area contributed by atoms with Crippen LogP contribution in [0.25, 0.3) is 0 Å². The SMILES string of the molecule is C=C(C)C(=O)ON.C=C(C)C(=O)ON.C=C(C)C(=O)ON.O=P(O)(O)O. The van der Waals surface area contributed by atoms with E-state index in [1.165, 1.54) is 20.8 Å². The molecular weight excluding hydrogens is 377 g/mol. The van der Waals surface area contributed by atoms with Gasteiger partial charge in [-0.1, -0.05) is 19.7 Å². The Balaban J connectivity index is -0.000000125. The van der Waals surface area contributed by atoms with Gasteiger partial charge in [0.1, 0.15) is 0 Å². The molecule has 0 saturated heterocycles. The summed E-state index contributed by atoms with van der Waals surface area (Å²) in [6.07, 6.45) is 0. The van der Waals surface area contributed by atoms with E-state index in [1.54, 1.807) is 0 Å². The number of phosphoric acid groups is 1. The van der Waals surface area contributed by atoms with Crippen LogP contribution in [0.2, 0.25) is 0 Å². The molecule has 26 heavy (non-hydrogen) atoms. The molecule has 0 fully saturated rings. The molecule has 0 saturated carbocycles. The van der Waals surface area contributed by atoms with Crippen molar-refractivity contribution in [2.75, 3.05) is 0 Å². The fourth-order valence-electron chi connectivity index (χ4n) is 0.302.